The zero-order valence-corrected chi connectivity index (χ0v) is 10.5. The fraction of sp³-hybridized carbons (Fsp3) is 0.333. The number of aliphatic hydroxyl groups excluding tert-OH is 1. The van der Waals surface area contributed by atoms with E-state index in [1.54, 1.807) is 6.26 Å². The van der Waals surface area contributed by atoms with Gasteiger partial charge in [0.25, 0.3) is 0 Å². The normalized spacial score (nSPS) is 13.0. The van der Waals surface area contributed by atoms with Crippen LogP contribution in [0.4, 0.5) is 0 Å². The van der Waals surface area contributed by atoms with Gasteiger partial charge < -0.3 is 9.52 Å². The van der Waals surface area contributed by atoms with E-state index in [1.807, 2.05) is 25.1 Å². The van der Waals surface area contributed by atoms with Gasteiger partial charge in [-0.1, -0.05) is 38.1 Å². The maximum Gasteiger partial charge on any atom is 0.107 e. The number of rotatable bonds is 3. The maximum absolute atomic E-state index is 10.2. The molecule has 1 heterocycles. The molecule has 1 aromatic carbocycles. The van der Waals surface area contributed by atoms with E-state index in [2.05, 4.69) is 26.0 Å². The van der Waals surface area contributed by atoms with Gasteiger partial charge in [-0.05, 0) is 30.0 Å². The van der Waals surface area contributed by atoms with Crippen molar-refractivity contribution in [1.29, 1.82) is 0 Å². The van der Waals surface area contributed by atoms with Crippen LogP contribution >= 0.6 is 0 Å². The van der Waals surface area contributed by atoms with Crippen molar-refractivity contribution in [1.82, 2.24) is 0 Å². The highest BCUT2D eigenvalue weighted by Gasteiger charge is 2.14. The maximum atomic E-state index is 10.2. The molecule has 0 saturated heterocycles. The summed E-state index contributed by atoms with van der Waals surface area (Å²) in [6, 6.07) is 9.91. The summed E-state index contributed by atoms with van der Waals surface area (Å²) < 4.78 is 5.21. The Kier molecular flexibility index (Phi) is 3.34. The molecule has 0 aliphatic heterocycles. The Morgan fingerprint density at radius 2 is 1.59 bits per heavy atom. The van der Waals surface area contributed by atoms with E-state index in [0.717, 1.165) is 16.9 Å². The van der Waals surface area contributed by atoms with Gasteiger partial charge in [-0.3, -0.25) is 0 Å². The van der Waals surface area contributed by atoms with Gasteiger partial charge in [0.15, 0.2) is 0 Å². The predicted octanol–water partition coefficient (Wildman–Crippen LogP) is 3.79. The molecule has 1 atom stereocenters. The van der Waals surface area contributed by atoms with Crippen LogP contribution in [0.1, 0.15) is 48.3 Å². The Hall–Kier alpha value is -1.54. The Labute approximate surface area is 102 Å². The van der Waals surface area contributed by atoms with Gasteiger partial charge >= 0.3 is 0 Å². The largest absolute Gasteiger partial charge is 0.469 e. The second kappa shape index (κ2) is 4.76. The number of benzene rings is 1. The molecular weight excluding hydrogens is 212 g/mol. The van der Waals surface area contributed by atoms with Crippen molar-refractivity contribution in [2.45, 2.75) is 32.8 Å². The summed E-state index contributed by atoms with van der Waals surface area (Å²) in [5.41, 5.74) is 3.02. The van der Waals surface area contributed by atoms with Crippen molar-refractivity contribution in [2.75, 3.05) is 0 Å². The Bertz CT molecular complexity index is 480. The zero-order chi connectivity index (χ0) is 12.4. The van der Waals surface area contributed by atoms with Crippen LogP contribution in [-0.2, 0) is 0 Å². The summed E-state index contributed by atoms with van der Waals surface area (Å²) in [6.45, 7) is 6.18. The summed E-state index contributed by atoms with van der Waals surface area (Å²) in [5.74, 6) is 1.28. The molecule has 0 aliphatic rings. The predicted molar refractivity (Wildman–Crippen MR) is 68.0 cm³/mol. The smallest absolute Gasteiger partial charge is 0.107 e. The quantitative estimate of drug-likeness (QED) is 0.870. The first kappa shape index (κ1) is 11.9. The highest BCUT2D eigenvalue weighted by Crippen LogP contribution is 2.26. The molecule has 1 unspecified atom stereocenters. The molecule has 0 saturated carbocycles. The molecule has 17 heavy (non-hydrogen) atoms. The molecule has 0 bridgehead atoms. The van der Waals surface area contributed by atoms with Crippen LogP contribution in [0.3, 0.4) is 0 Å². The van der Waals surface area contributed by atoms with Crippen LogP contribution in [0.5, 0.6) is 0 Å². The van der Waals surface area contributed by atoms with E-state index in [0.29, 0.717) is 5.92 Å². The third-order valence-electron chi connectivity index (χ3n) is 3.11. The summed E-state index contributed by atoms with van der Waals surface area (Å²) in [6.07, 6.45) is 1.01. The molecule has 1 N–H and O–H groups in total. The summed E-state index contributed by atoms with van der Waals surface area (Å²) in [4.78, 5) is 0. The summed E-state index contributed by atoms with van der Waals surface area (Å²) in [7, 11) is 0. The van der Waals surface area contributed by atoms with Crippen LogP contribution < -0.4 is 0 Å². The van der Waals surface area contributed by atoms with E-state index in [1.165, 1.54) is 5.56 Å². The molecule has 0 radical (unpaired) electrons. The average molecular weight is 230 g/mol. The van der Waals surface area contributed by atoms with E-state index < -0.39 is 6.10 Å². The van der Waals surface area contributed by atoms with Crippen LogP contribution in [0.2, 0.25) is 0 Å². The van der Waals surface area contributed by atoms with Crippen molar-refractivity contribution in [3.63, 3.8) is 0 Å². The number of aliphatic hydroxyl groups is 1. The minimum Gasteiger partial charge on any atom is -0.469 e. The Morgan fingerprint density at radius 3 is 2.06 bits per heavy atom. The van der Waals surface area contributed by atoms with Crippen molar-refractivity contribution < 1.29 is 9.52 Å². The number of aryl methyl sites for hydroxylation is 1. The minimum absolute atomic E-state index is 0.511. The van der Waals surface area contributed by atoms with Gasteiger partial charge in [0.1, 0.15) is 11.9 Å². The molecule has 2 heteroatoms. The lowest BCUT2D eigenvalue weighted by molar-refractivity contribution is 0.218. The second-order valence-corrected chi connectivity index (χ2v) is 4.66. The highest BCUT2D eigenvalue weighted by atomic mass is 16.3. The third kappa shape index (κ3) is 2.42. The summed E-state index contributed by atoms with van der Waals surface area (Å²) >= 11 is 0. The molecule has 0 fully saturated rings. The number of hydrogen-bond donors (Lipinski definition) is 1. The summed E-state index contributed by atoms with van der Waals surface area (Å²) in [5, 5.41) is 10.2. The van der Waals surface area contributed by atoms with E-state index in [-0.39, 0.29) is 0 Å². The fourth-order valence-electron chi connectivity index (χ4n) is 1.92. The van der Waals surface area contributed by atoms with Gasteiger partial charge in [-0.25, -0.2) is 0 Å². The molecule has 0 amide bonds. The minimum atomic E-state index is -0.602. The molecule has 2 aromatic rings. The standard InChI is InChI=1S/C15H18O2/c1-10(2)12-4-6-13(7-5-12)15(16)14-8-9-17-11(14)3/h4-10,15-16H,1-3H3. The highest BCUT2D eigenvalue weighted by molar-refractivity contribution is 5.33. The number of furan rings is 1. The fourth-order valence-corrected chi connectivity index (χ4v) is 1.92. The van der Waals surface area contributed by atoms with Crippen LogP contribution in [0.15, 0.2) is 41.0 Å². The first-order valence-electron chi connectivity index (χ1n) is 5.91. The van der Waals surface area contributed by atoms with Crippen LogP contribution in [0, 0.1) is 6.92 Å². The van der Waals surface area contributed by atoms with E-state index in [9.17, 15) is 5.11 Å². The lowest BCUT2D eigenvalue weighted by Crippen LogP contribution is -2.00. The molecule has 0 aliphatic carbocycles. The van der Waals surface area contributed by atoms with Gasteiger partial charge in [-0.15, -0.1) is 0 Å². The van der Waals surface area contributed by atoms with Crippen molar-refractivity contribution in [3.05, 3.63) is 59.0 Å². The molecule has 0 spiro atoms. The molecular formula is C15H18O2. The topological polar surface area (TPSA) is 33.4 Å². The Balaban J connectivity index is 2.26. The van der Waals surface area contributed by atoms with E-state index in [4.69, 9.17) is 4.42 Å². The Morgan fingerprint density at radius 1 is 1.00 bits per heavy atom. The van der Waals surface area contributed by atoms with E-state index >= 15 is 0 Å². The van der Waals surface area contributed by atoms with Gasteiger partial charge in [-0.2, -0.15) is 0 Å². The SMILES string of the molecule is Cc1occc1C(O)c1ccc(C(C)C)cc1. The third-order valence-corrected chi connectivity index (χ3v) is 3.11. The van der Waals surface area contributed by atoms with Gasteiger partial charge in [0.05, 0.1) is 6.26 Å². The lowest BCUT2D eigenvalue weighted by Gasteiger charge is -2.12. The monoisotopic (exact) mass is 230 g/mol. The van der Waals surface area contributed by atoms with Gasteiger partial charge in [0.2, 0.25) is 0 Å². The zero-order valence-electron chi connectivity index (χ0n) is 10.5. The van der Waals surface area contributed by atoms with Crippen molar-refractivity contribution >= 4 is 0 Å². The second-order valence-electron chi connectivity index (χ2n) is 4.66. The molecule has 2 rings (SSSR count). The lowest BCUT2D eigenvalue weighted by atomic mass is 9.97. The first-order valence-corrected chi connectivity index (χ1v) is 5.91. The van der Waals surface area contributed by atoms with Crippen LogP contribution in [0.25, 0.3) is 0 Å². The molecule has 90 valence electrons. The number of hydrogen-bond acceptors (Lipinski definition) is 2. The molecule has 2 nitrogen and oxygen atoms in total. The van der Waals surface area contributed by atoms with Crippen molar-refractivity contribution in [2.24, 2.45) is 0 Å². The average Bonchev–Trinajstić information content (AvgIpc) is 2.74. The van der Waals surface area contributed by atoms with Gasteiger partial charge in [0, 0.05) is 5.56 Å². The first-order chi connectivity index (χ1) is 8.09. The molecule has 1 aromatic heterocycles. The van der Waals surface area contributed by atoms with Crippen LogP contribution in [-0.4, -0.2) is 5.11 Å². The van der Waals surface area contributed by atoms with Crippen molar-refractivity contribution in [3.8, 4) is 0 Å².